The van der Waals surface area contributed by atoms with Gasteiger partial charge in [-0.15, -0.1) is 0 Å². The summed E-state index contributed by atoms with van der Waals surface area (Å²) in [6, 6.07) is 28.0. The summed E-state index contributed by atoms with van der Waals surface area (Å²) in [5, 5.41) is 9.44. The van der Waals surface area contributed by atoms with Crippen LogP contribution in [0.25, 0.3) is 11.2 Å². The number of hydrogen-bond donors (Lipinski definition) is 0. The molecule has 0 aliphatic carbocycles. The van der Waals surface area contributed by atoms with Crippen molar-refractivity contribution in [3.8, 4) is 17.6 Å². The van der Waals surface area contributed by atoms with Crippen LogP contribution in [0.2, 0.25) is 0 Å². The standard InChI is InChI=1S/C44H55N6O8P/c1-9-25-48-28-47-41-38(42(48)51)46-29-49(41)43-40(54-8)39(58-59(56-26-13-24-45)50(30(2)3)31(4)5)37(57-43)27-55-44(32-14-11-10-12-15-32,33-16-20-35(52-6)21-17-33)34-18-22-36(53-7)23-19-34/h10-12,14-23,28-31,37,39-40,43H,9,13,25-27H2,1-8H3/t37-,39-,40-,43-,59?/m1/s1. The molecule has 314 valence electrons. The smallest absolute Gasteiger partial charge is 0.281 e. The average Bonchev–Trinajstić information content (AvgIpc) is 3.84. The maximum atomic E-state index is 13.5. The van der Waals surface area contributed by atoms with Crippen molar-refractivity contribution < 1.29 is 32.7 Å². The van der Waals surface area contributed by atoms with Crippen LogP contribution < -0.4 is 15.0 Å². The average molecular weight is 827 g/mol. The third kappa shape index (κ3) is 9.22. The maximum absolute atomic E-state index is 13.5. The SMILES string of the molecule is CCCn1cnc2c(ncn2[C@@H]2O[C@H](COC(c3ccccc3)(c3ccc(OC)cc3)c3ccc(OC)cc3)[C@@H](OP(OCCC#N)N(C(C)C)C(C)C)[C@H]2OC)c1=O. The molecule has 0 spiro atoms. The number of benzene rings is 3. The van der Waals surface area contributed by atoms with Gasteiger partial charge in [0.1, 0.15) is 41.7 Å². The van der Waals surface area contributed by atoms with Gasteiger partial charge >= 0.3 is 0 Å². The first-order valence-electron chi connectivity index (χ1n) is 19.9. The van der Waals surface area contributed by atoms with E-state index >= 15 is 0 Å². The van der Waals surface area contributed by atoms with E-state index in [1.54, 1.807) is 43.1 Å². The lowest BCUT2D eigenvalue weighted by Gasteiger charge is -2.39. The van der Waals surface area contributed by atoms with E-state index in [2.05, 4.69) is 48.4 Å². The first kappa shape index (κ1) is 43.9. The molecule has 14 nitrogen and oxygen atoms in total. The van der Waals surface area contributed by atoms with Crippen LogP contribution in [-0.4, -0.2) is 88.7 Å². The third-order valence-corrected chi connectivity index (χ3v) is 12.5. The summed E-state index contributed by atoms with van der Waals surface area (Å²) < 4.78 is 50.7. The lowest BCUT2D eigenvalue weighted by atomic mass is 9.80. The molecule has 2 aromatic heterocycles. The molecular formula is C44H55N6O8P. The summed E-state index contributed by atoms with van der Waals surface area (Å²) in [6.45, 7) is 11.1. The molecule has 1 aliphatic rings. The van der Waals surface area contributed by atoms with Crippen LogP contribution in [-0.2, 0) is 35.4 Å². The predicted molar refractivity (Wildman–Crippen MR) is 225 cm³/mol. The van der Waals surface area contributed by atoms with Crippen molar-refractivity contribution in [2.45, 2.75) is 96.2 Å². The van der Waals surface area contributed by atoms with E-state index in [1.165, 1.54) is 0 Å². The number of hydrogen-bond acceptors (Lipinski definition) is 12. The number of nitrogens with zero attached hydrogens (tertiary/aromatic N) is 6. The van der Waals surface area contributed by atoms with E-state index < -0.39 is 38.7 Å². The molecule has 1 aliphatic heterocycles. The van der Waals surface area contributed by atoms with Gasteiger partial charge < -0.3 is 32.7 Å². The van der Waals surface area contributed by atoms with Gasteiger partial charge in [-0.25, -0.2) is 14.6 Å². The number of aromatic nitrogens is 4. The van der Waals surface area contributed by atoms with Crippen molar-refractivity contribution >= 4 is 19.7 Å². The Kier molecular flexibility index (Phi) is 14.9. The molecule has 0 N–H and O–H groups in total. The second-order valence-corrected chi connectivity index (χ2v) is 16.2. The van der Waals surface area contributed by atoms with E-state index in [9.17, 15) is 10.1 Å². The van der Waals surface area contributed by atoms with Gasteiger partial charge in [0.25, 0.3) is 14.1 Å². The molecule has 0 bridgehead atoms. The van der Waals surface area contributed by atoms with Gasteiger partial charge in [-0.3, -0.25) is 13.9 Å². The fourth-order valence-corrected chi connectivity index (χ4v) is 9.43. The Morgan fingerprint density at radius 3 is 2.02 bits per heavy atom. The van der Waals surface area contributed by atoms with E-state index in [-0.39, 0.29) is 42.8 Å². The first-order valence-corrected chi connectivity index (χ1v) is 21.1. The largest absolute Gasteiger partial charge is 0.497 e. The number of rotatable bonds is 20. The van der Waals surface area contributed by atoms with Crippen LogP contribution in [0.1, 0.15) is 70.4 Å². The number of nitriles is 1. The van der Waals surface area contributed by atoms with E-state index in [0.29, 0.717) is 23.7 Å². The number of ether oxygens (including phenoxy) is 5. The van der Waals surface area contributed by atoms with Gasteiger partial charge in [0.05, 0.1) is 46.3 Å². The fraction of sp³-hybridized carbons (Fsp3) is 0.455. The zero-order chi connectivity index (χ0) is 42.1. The zero-order valence-corrected chi connectivity index (χ0v) is 36.0. The Morgan fingerprint density at radius 2 is 1.47 bits per heavy atom. The van der Waals surface area contributed by atoms with Gasteiger partial charge in [0, 0.05) is 25.7 Å². The fourth-order valence-electron chi connectivity index (χ4n) is 7.66. The van der Waals surface area contributed by atoms with Crippen molar-refractivity contribution in [2.75, 3.05) is 34.5 Å². The highest BCUT2D eigenvalue weighted by Gasteiger charge is 2.51. The molecule has 15 heteroatoms. The van der Waals surface area contributed by atoms with Gasteiger partial charge in [0.15, 0.2) is 17.4 Å². The zero-order valence-electron chi connectivity index (χ0n) is 35.1. The second kappa shape index (κ2) is 20.0. The molecule has 3 aromatic carbocycles. The Labute approximate surface area is 347 Å². The molecule has 0 radical (unpaired) electrons. The third-order valence-electron chi connectivity index (χ3n) is 10.4. The van der Waals surface area contributed by atoms with Crippen molar-refractivity contribution in [3.05, 3.63) is 119 Å². The van der Waals surface area contributed by atoms with Crippen molar-refractivity contribution in [1.29, 1.82) is 5.26 Å². The highest BCUT2D eigenvalue weighted by Crippen LogP contribution is 2.51. The van der Waals surface area contributed by atoms with Crippen molar-refractivity contribution in [3.63, 3.8) is 0 Å². The molecule has 5 aromatic rings. The predicted octanol–water partition coefficient (Wildman–Crippen LogP) is 7.60. The summed E-state index contributed by atoms with van der Waals surface area (Å²) in [5.41, 5.74) is 1.79. The van der Waals surface area contributed by atoms with Gasteiger partial charge in [0.2, 0.25) is 0 Å². The lowest BCUT2D eigenvalue weighted by molar-refractivity contribution is -0.0938. The summed E-state index contributed by atoms with van der Waals surface area (Å²) in [7, 11) is 3.13. The number of aryl methyl sites for hydroxylation is 1. The molecule has 5 atom stereocenters. The van der Waals surface area contributed by atoms with Crippen LogP contribution in [0, 0.1) is 11.3 Å². The Morgan fingerprint density at radius 1 is 0.864 bits per heavy atom. The van der Waals surface area contributed by atoms with Crippen LogP contribution in [0.5, 0.6) is 11.5 Å². The van der Waals surface area contributed by atoms with Crippen LogP contribution >= 0.6 is 8.53 Å². The molecule has 0 amide bonds. The summed E-state index contributed by atoms with van der Waals surface area (Å²) in [6.07, 6.45) is 0.989. The number of imidazole rings is 1. The van der Waals surface area contributed by atoms with Gasteiger partial charge in [-0.1, -0.05) is 61.5 Å². The highest BCUT2D eigenvalue weighted by atomic mass is 31.2. The van der Waals surface area contributed by atoms with E-state index in [1.807, 2.05) is 85.8 Å². The maximum Gasteiger partial charge on any atom is 0.281 e. The minimum absolute atomic E-state index is 0.0159. The van der Waals surface area contributed by atoms with Crippen molar-refractivity contribution in [1.82, 2.24) is 23.8 Å². The van der Waals surface area contributed by atoms with Gasteiger partial charge in [-0.05, 0) is 75.1 Å². The van der Waals surface area contributed by atoms with Crippen molar-refractivity contribution in [2.24, 2.45) is 0 Å². The minimum Gasteiger partial charge on any atom is -0.497 e. The minimum atomic E-state index is -1.75. The second-order valence-electron chi connectivity index (χ2n) is 14.8. The van der Waals surface area contributed by atoms with Crippen LogP contribution in [0.15, 0.2) is 96.3 Å². The quantitative estimate of drug-likeness (QED) is 0.0433. The number of fused-ring (bicyclic) bond motifs is 1. The molecule has 3 heterocycles. The number of methoxy groups -OCH3 is 3. The van der Waals surface area contributed by atoms with E-state index in [4.69, 9.17) is 32.7 Å². The Bertz CT molecular complexity index is 2140. The summed E-state index contributed by atoms with van der Waals surface area (Å²) >= 11 is 0. The normalized spacial score (nSPS) is 18.8. The monoisotopic (exact) mass is 826 g/mol. The molecule has 1 unspecified atom stereocenters. The molecule has 0 saturated carbocycles. The molecule has 6 rings (SSSR count). The van der Waals surface area contributed by atoms with Crippen LogP contribution in [0.4, 0.5) is 0 Å². The highest BCUT2D eigenvalue weighted by molar-refractivity contribution is 7.44. The first-order chi connectivity index (χ1) is 28.6. The Balaban J connectivity index is 1.49. The van der Waals surface area contributed by atoms with Gasteiger partial charge in [-0.2, -0.15) is 5.26 Å². The topological polar surface area (TPSA) is 144 Å². The lowest BCUT2D eigenvalue weighted by Crippen LogP contribution is -2.42. The summed E-state index contributed by atoms with van der Waals surface area (Å²) in [5.74, 6) is 1.41. The Hall–Kier alpha value is -4.71. The van der Waals surface area contributed by atoms with Crippen LogP contribution in [0.3, 0.4) is 0 Å². The molecule has 59 heavy (non-hydrogen) atoms. The summed E-state index contributed by atoms with van der Waals surface area (Å²) in [4.78, 5) is 22.7. The molecule has 1 fully saturated rings. The molecular weight excluding hydrogens is 771 g/mol. The molecule has 1 saturated heterocycles. The van der Waals surface area contributed by atoms with E-state index in [0.717, 1.165) is 23.1 Å².